The highest BCUT2D eigenvalue weighted by molar-refractivity contribution is 5.90. The molecular weight excluding hydrogens is 316 g/mol. The molecule has 0 aliphatic carbocycles. The number of nitrogens with zero attached hydrogens (tertiary/aromatic N) is 3. The molecule has 1 saturated heterocycles. The summed E-state index contributed by atoms with van der Waals surface area (Å²) in [4.78, 5) is 21.0. The van der Waals surface area contributed by atoms with E-state index in [0.29, 0.717) is 18.7 Å². The number of amides is 1. The van der Waals surface area contributed by atoms with Crippen molar-refractivity contribution in [1.82, 2.24) is 9.88 Å². The zero-order chi connectivity index (χ0) is 17.5. The van der Waals surface area contributed by atoms with Crippen molar-refractivity contribution >= 4 is 17.4 Å². The number of nitrogens with one attached hydrogen (secondary N) is 1. The molecule has 1 aliphatic heterocycles. The van der Waals surface area contributed by atoms with Gasteiger partial charge in [-0.3, -0.25) is 4.79 Å². The van der Waals surface area contributed by atoms with Gasteiger partial charge in [-0.15, -0.1) is 0 Å². The molecule has 0 bridgehead atoms. The lowest BCUT2D eigenvalue weighted by molar-refractivity contribution is -0.116. The lowest BCUT2D eigenvalue weighted by atomic mass is 10.3. The molecule has 6 heteroatoms. The summed E-state index contributed by atoms with van der Waals surface area (Å²) in [6, 6.07) is 13.3. The summed E-state index contributed by atoms with van der Waals surface area (Å²) in [7, 11) is 2.13. The van der Waals surface area contributed by atoms with Crippen molar-refractivity contribution in [2.45, 2.75) is 6.42 Å². The number of para-hydroxylation sites is 1. The summed E-state index contributed by atoms with van der Waals surface area (Å²) >= 11 is 0. The number of likely N-dealkylation sites (N-methyl/N-ethyl adjacent to an activating group) is 1. The predicted octanol–water partition coefficient (Wildman–Crippen LogP) is 2.24. The molecule has 25 heavy (non-hydrogen) atoms. The second-order valence-electron chi connectivity index (χ2n) is 6.16. The zero-order valence-corrected chi connectivity index (χ0v) is 14.5. The van der Waals surface area contributed by atoms with Gasteiger partial charge in [-0.05, 0) is 31.3 Å². The van der Waals surface area contributed by atoms with Gasteiger partial charge in [-0.1, -0.05) is 18.2 Å². The van der Waals surface area contributed by atoms with Gasteiger partial charge in [0.25, 0.3) is 0 Å². The van der Waals surface area contributed by atoms with Gasteiger partial charge in [0, 0.05) is 26.2 Å². The Bertz CT molecular complexity index is 668. The minimum atomic E-state index is -0.0786. The van der Waals surface area contributed by atoms with Crippen molar-refractivity contribution < 1.29 is 9.53 Å². The quantitative estimate of drug-likeness (QED) is 0.874. The lowest BCUT2D eigenvalue weighted by Gasteiger charge is -2.33. The molecule has 6 nitrogen and oxygen atoms in total. The van der Waals surface area contributed by atoms with E-state index in [9.17, 15) is 4.79 Å². The van der Waals surface area contributed by atoms with Gasteiger partial charge >= 0.3 is 0 Å². The lowest BCUT2D eigenvalue weighted by Crippen LogP contribution is -2.44. The molecule has 1 N–H and O–H groups in total. The second kappa shape index (κ2) is 8.48. The molecule has 0 radical (unpaired) electrons. The normalized spacial score (nSPS) is 15.0. The van der Waals surface area contributed by atoms with Gasteiger partial charge in [-0.25, -0.2) is 4.98 Å². The Labute approximate surface area is 148 Å². The number of carbonyl (C=O) groups is 1. The summed E-state index contributed by atoms with van der Waals surface area (Å²) in [6.07, 6.45) is 2.01. The Morgan fingerprint density at radius 3 is 2.56 bits per heavy atom. The molecule has 0 unspecified atom stereocenters. The molecule has 0 spiro atoms. The van der Waals surface area contributed by atoms with E-state index < -0.39 is 0 Å². The first-order valence-corrected chi connectivity index (χ1v) is 8.58. The fraction of sp³-hybridized carbons (Fsp3) is 0.368. The fourth-order valence-corrected chi connectivity index (χ4v) is 2.68. The Balaban J connectivity index is 1.44. The van der Waals surface area contributed by atoms with E-state index in [1.54, 1.807) is 6.20 Å². The number of carbonyl (C=O) groups excluding carboxylic acids is 1. The third kappa shape index (κ3) is 5.19. The van der Waals surface area contributed by atoms with E-state index in [1.807, 2.05) is 42.5 Å². The minimum Gasteiger partial charge on any atom is -0.493 e. The Morgan fingerprint density at radius 2 is 1.88 bits per heavy atom. The van der Waals surface area contributed by atoms with Crippen molar-refractivity contribution in [3.63, 3.8) is 0 Å². The number of benzene rings is 1. The van der Waals surface area contributed by atoms with Crippen LogP contribution in [-0.4, -0.2) is 55.6 Å². The maximum Gasteiger partial charge on any atom is 0.227 e. The number of aromatic nitrogens is 1. The first-order chi connectivity index (χ1) is 12.2. The molecule has 0 atom stereocenters. The van der Waals surface area contributed by atoms with Crippen molar-refractivity contribution in [2.24, 2.45) is 0 Å². The van der Waals surface area contributed by atoms with E-state index in [4.69, 9.17) is 4.74 Å². The summed E-state index contributed by atoms with van der Waals surface area (Å²) < 4.78 is 5.53. The van der Waals surface area contributed by atoms with Crippen molar-refractivity contribution in [3.05, 3.63) is 48.7 Å². The molecule has 1 fully saturated rings. The van der Waals surface area contributed by atoms with E-state index in [1.165, 1.54) is 0 Å². The van der Waals surface area contributed by atoms with E-state index in [0.717, 1.165) is 37.7 Å². The van der Waals surface area contributed by atoms with Gasteiger partial charge in [-0.2, -0.15) is 0 Å². The molecule has 2 aromatic rings. The molecule has 1 aromatic heterocycles. The van der Waals surface area contributed by atoms with E-state index >= 15 is 0 Å². The Hall–Kier alpha value is -2.60. The van der Waals surface area contributed by atoms with Crippen molar-refractivity contribution in [1.29, 1.82) is 0 Å². The number of hydrogen-bond donors (Lipinski definition) is 1. The summed E-state index contributed by atoms with van der Waals surface area (Å²) in [5, 5.41) is 2.86. The van der Waals surface area contributed by atoms with Gasteiger partial charge in [0.15, 0.2) is 0 Å². The van der Waals surface area contributed by atoms with Crippen molar-refractivity contribution in [2.75, 3.05) is 50.1 Å². The predicted molar refractivity (Wildman–Crippen MR) is 99.1 cm³/mol. The van der Waals surface area contributed by atoms with Gasteiger partial charge in [0.05, 0.1) is 24.9 Å². The first-order valence-electron chi connectivity index (χ1n) is 8.58. The van der Waals surface area contributed by atoms with Crippen LogP contribution in [0, 0.1) is 0 Å². The number of ether oxygens (including phenoxy) is 1. The van der Waals surface area contributed by atoms with Crippen LogP contribution < -0.4 is 15.0 Å². The minimum absolute atomic E-state index is 0.0786. The van der Waals surface area contributed by atoms with Crippen LogP contribution in [0.15, 0.2) is 48.7 Å². The average molecular weight is 340 g/mol. The molecule has 1 amide bonds. The molecule has 132 valence electrons. The first kappa shape index (κ1) is 17.2. The van der Waals surface area contributed by atoms with Crippen LogP contribution >= 0.6 is 0 Å². The fourth-order valence-electron chi connectivity index (χ4n) is 2.68. The Morgan fingerprint density at radius 1 is 1.12 bits per heavy atom. The van der Waals surface area contributed by atoms with Gasteiger partial charge in [0.1, 0.15) is 11.6 Å². The SMILES string of the molecule is CN1CCN(c2ccc(NC(=O)CCOc3ccccc3)cn2)CC1. The highest BCUT2D eigenvalue weighted by Crippen LogP contribution is 2.16. The van der Waals surface area contributed by atoms with Crippen LogP contribution in [0.25, 0.3) is 0 Å². The third-order valence-corrected chi connectivity index (χ3v) is 4.20. The zero-order valence-electron chi connectivity index (χ0n) is 14.5. The molecule has 1 aliphatic rings. The van der Waals surface area contributed by atoms with E-state index in [-0.39, 0.29) is 5.91 Å². The van der Waals surface area contributed by atoms with Crippen LogP contribution in [0.4, 0.5) is 11.5 Å². The van der Waals surface area contributed by atoms with E-state index in [2.05, 4.69) is 27.1 Å². The summed E-state index contributed by atoms with van der Waals surface area (Å²) in [5.74, 6) is 1.65. The van der Waals surface area contributed by atoms with Crippen LogP contribution in [0.5, 0.6) is 5.75 Å². The highest BCUT2D eigenvalue weighted by atomic mass is 16.5. The number of piperazine rings is 1. The van der Waals surface area contributed by atoms with Crippen LogP contribution in [0.1, 0.15) is 6.42 Å². The van der Waals surface area contributed by atoms with Gasteiger partial charge < -0.3 is 19.9 Å². The van der Waals surface area contributed by atoms with Crippen LogP contribution in [-0.2, 0) is 4.79 Å². The third-order valence-electron chi connectivity index (χ3n) is 4.20. The molecular formula is C19H24N4O2. The maximum atomic E-state index is 12.0. The molecule has 1 aromatic carbocycles. The highest BCUT2D eigenvalue weighted by Gasteiger charge is 2.15. The number of pyridine rings is 1. The maximum absolute atomic E-state index is 12.0. The number of hydrogen-bond acceptors (Lipinski definition) is 5. The molecule has 3 rings (SSSR count). The molecule has 2 heterocycles. The van der Waals surface area contributed by atoms with Crippen LogP contribution in [0.3, 0.4) is 0 Å². The largest absolute Gasteiger partial charge is 0.493 e. The van der Waals surface area contributed by atoms with Crippen LogP contribution in [0.2, 0.25) is 0 Å². The summed E-state index contributed by atoms with van der Waals surface area (Å²) in [6.45, 7) is 4.39. The standard InChI is InChI=1S/C19H24N4O2/c1-22-10-12-23(13-11-22)18-8-7-16(15-20-18)21-19(24)9-14-25-17-5-3-2-4-6-17/h2-8,15H,9-14H2,1H3,(H,21,24). The summed E-state index contributed by atoms with van der Waals surface area (Å²) in [5.41, 5.74) is 0.711. The number of rotatable bonds is 6. The molecule has 0 saturated carbocycles. The smallest absolute Gasteiger partial charge is 0.227 e. The number of anilines is 2. The Kier molecular flexibility index (Phi) is 5.85. The van der Waals surface area contributed by atoms with Gasteiger partial charge in [0.2, 0.25) is 5.91 Å². The topological polar surface area (TPSA) is 57.7 Å². The van der Waals surface area contributed by atoms with Crippen molar-refractivity contribution in [3.8, 4) is 5.75 Å². The second-order valence-corrected chi connectivity index (χ2v) is 6.16. The average Bonchev–Trinajstić information content (AvgIpc) is 2.64. The monoisotopic (exact) mass is 340 g/mol.